The molecule has 3 aromatic carbocycles. The summed E-state index contributed by atoms with van der Waals surface area (Å²) in [4.78, 5) is 2.40. The number of aliphatic hydroxyl groups excluding tert-OH is 1. The average molecular weight is 402 g/mol. The van der Waals surface area contributed by atoms with Gasteiger partial charge < -0.3 is 10.2 Å². The summed E-state index contributed by atoms with van der Waals surface area (Å²) in [7, 11) is 0. The summed E-state index contributed by atoms with van der Waals surface area (Å²) in [6.07, 6.45) is 2.89. The van der Waals surface area contributed by atoms with Gasteiger partial charge in [0.2, 0.25) is 0 Å². The van der Waals surface area contributed by atoms with Crippen molar-refractivity contribution in [2.45, 2.75) is 38.3 Å². The van der Waals surface area contributed by atoms with E-state index < -0.39 is 6.10 Å². The minimum absolute atomic E-state index is 0.0666. The monoisotopic (exact) mass is 401 g/mol. The summed E-state index contributed by atoms with van der Waals surface area (Å²) in [5.41, 5.74) is 4.83. The van der Waals surface area contributed by atoms with Gasteiger partial charge in [-0.25, -0.2) is 0 Å². The van der Waals surface area contributed by atoms with E-state index in [1.54, 1.807) is 12.1 Å². The zero-order valence-corrected chi connectivity index (χ0v) is 17.6. The average Bonchev–Trinajstić information content (AvgIpc) is 2.80. The van der Waals surface area contributed by atoms with Crippen molar-refractivity contribution in [3.63, 3.8) is 0 Å². The SMILES string of the molecule is CC(C(O)c1ccc(O)cc1)N1CCC(Cc2cccc(-c3ccccc3)c2)CC1. The van der Waals surface area contributed by atoms with Gasteiger partial charge in [0.1, 0.15) is 5.75 Å². The third kappa shape index (κ3) is 4.92. The van der Waals surface area contributed by atoms with Gasteiger partial charge >= 0.3 is 0 Å². The van der Waals surface area contributed by atoms with E-state index in [9.17, 15) is 10.2 Å². The van der Waals surface area contributed by atoms with Crippen LogP contribution in [0.2, 0.25) is 0 Å². The normalized spacial score (nSPS) is 17.5. The van der Waals surface area contributed by atoms with E-state index in [-0.39, 0.29) is 11.8 Å². The summed E-state index contributed by atoms with van der Waals surface area (Å²) < 4.78 is 0. The highest BCUT2D eigenvalue weighted by Gasteiger charge is 2.27. The van der Waals surface area contributed by atoms with E-state index in [1.807, 2.05) is 12.1 Å². The molecule has 1 heterocycles. The van der Waals surface area contributed by atoms with Crippen molar-refractivity contribution in [2.24, 2.45) is 5.92 Å². The summed E-state index contributed by atoms with van der Waals surface area (Å²) in [5, 5.41) is 20.2. The van der Waals surface area contributed by atoms with Gasteiger partial charge in [0.15, 0.2) is 0 Å². The zero-order valence-electron chi connectivity index (χ0n) is 17.6. The van der Waals surface area contributed by atoms with Crippen LogP contribution in [-0.2, 0) is 6.42 Å². The number of aromatic hydroxyl groups is 1. The summed E-state index contributed by atoms with van der Waals surface area (Å²) in [5.74, 6) is 0.918. The second kappa shape index (κ2) is 9.46. The van der Waals surface area contributed by atoms with Gasteiger partial charge in [-0.2, -0.15) is 0 Å². The minimum Gasteiger partial charge on any atom is -0.508 e. The molecule has 3 nitrogen and oxygen atoms in total. The molecule has 1 aliphatic rings. The molecule has 2 unspecified atom stereocenters. The molecule has 2 N–H and O–H groups in total. The Kier molecular flexibility index (Phi) is 6.51. The second-order valence-corrected chi connectivity index (χ2v) is 8.53. The molecule has 156 valence electrons. The molecule has 1 saturated heterocycles. The lowest BCUT2D eigenvalue weighted by molar-refractivity contribution is 0.0373. The molecular weight excluding hydrogens is 370 g/mol. The quantitative estimate of drug-likeness (QED) is 0.578. The Morgan fingerprint density at radius 1 is 0.867 bits per heavy atom. The molecule has 0 aliphatic carbocycles. The first-order chi connectivity index (χ1) is 14.6. The van der Waals surface area contributed by atoms with Crippen molar-refractivity contribution in [1.29, 1.82) is 0 Å². The van der Waals surface area contributed by atoms with Crippen LogP contribution in [0.25, 0.3) is 11.1 Å². The molecule has 0 amide bonds. The maximum absolute atomic E-state index is 10.7. The van der Waals surface area contributed by atoms with E-state index in [1.165, 1.54) is 16.7 Å². The number of nitrogens with zero attached hydrogens (tertiary/aromatic N) is 1. The van der Waals surface area contributed by atoms with E-state index in [0.717, 1.165) is 37.9 Å². The van der Waals surface area contributed by atoms with Gasteiger partial charge in [0, 0.05) is 6.04 Å². The molecular formula is C27H31NO2. The molecule has 0 spiro atoms. The van der Waals surface area contributed by atoms with E-state index >= 15 is 0 Å². The fourth-order valence-electron chi connectivity index (χ4n) is 4.56. The molecule has 1 fully saturated rings. The van der Waals surface area contributed by atoms with Crippen LogP contribution in [0.15, 0.2) is 78.9 Å². The number of phenols is 1. The fourth-order valence-corrected chi connectivity index (χ4v) is 4.56. The van der Waals surface area contributed by atoms with Crippen LogP contribution in [-0.4, -0.2) is 34.2 Å². The van der Waals surface area contributed by atoms with Crippen molar-refractivity contribution < 1.29 is 10.2 Å². The van der Waals surface area contributed by atoms with Crippen molar-refractivity contribution in [3.05, 3.63) is 90.0 Å². The number of likely N-dealkylation sites (tertiary alicyclic amines) is 1. The highest BCUT2D eigenvalue weighted by Crippen LogP contribution is 2.29. The highest BCUT2D eigenvalue weighted by atomic mass is 16.3. The maximum atomic E-state index is 10.7. The van der Waals surface area contributed by atoms with Gasteiger partial charge in [-0.05, 0) is 79.6 Å². The van der Waals surface area contributed by atoms with Gasteiger partial charge in [0.25, 0.3) is 0 Å². The number of phenolic OH excluding ortho intramolecular Hbond substituents is 1. The summed E-state index contributed by atoms with van der Waals surface area (Å²) in [6.45, 7) is 4.12. The molecule has 0 radical (unpaired) electrons. The molecule has 0 saturated carbocycles. The largest absolute Gasteiger partial charge is 0.508 e. The lowest BCUT2D eigenvalue weighted by Gasteiger charge is -2.38. The van der Waals surface area contributed by atoms with Crippen molar-refractivity contribution in [1.82, 2.24) is 4.90 Å². The van der Waals surface area contributed by atoms with Crippen LogP contribution in [0.5, 0.6) is 5.75 Å². The number of benzene rings is 3. The minimum atomic E-state index is -0.537. The Bertz CT molecular complexity index is 931. The number of rotatable bonds is 6. The first-order valence-electron chi connectivity index (χ1n) is 11.0. The topological polar surface area (TPSA) is 43.7 Å². The highest BCUT2D eigenvalue weighted by molar-refractivity contribution is 5.63. The standard InChI is InChI=1S/C27H31NO2/c1-20(27(30)24-10-12-26(29)13-11-24)28-16-14-21(15-17-28)18-22-6-5-9-25(19-22)23-7-3-2-4-8-23/h2-13,19-21,27,29-30H,14-18H2,1H3. The zero-order chi connectivity index (χ0) is 20.9. The van der Waals surface area contributed by atoms with Crippen LogP contribution in [0.3, 0.4) is 0 Å². The molecule has 1 aliphatic heterocycles. The van der Waals surface area contributed by atoms with Gasteiger partial charge in [-0.1, -0.05) is 66.7 Å². The Labute approximate surface area is 179 Å². The predicted molar refractivity (Wildman–Crippen MR) is 122 cm³/mol. The first kappa shape index (κ1) is 20.6. The molecule has 30 heavy (non-hydrogen) atoms. The van der Waals surface area contributed by atoms with E-state index in [2.05, 4.69) is 66.4 Å². The van der Waals surface area contributed by atoms with Crippen molar-refractivity contribution in [2.75, 3.05) is 13.1 Å². The van der Waals surface area contributed by atoms with E-state index in [4.69, 9.17) is 0 Å². The molecule has 2 atom stereocenters. The Morgan fingerprint density at radius 3 is 2.23 bits per heavy atom. The maximum Gasteiger partial charge on any atom is 0.115 e. The number of aliphatic hydroxyl groups is 1. The van der Waals surface area contributed by atoms with Crippen molar-refractivity contribution in [3.8, 4) is 16.9 Å². The number of piperidine rings is 1. The Balaban J connectivity index is 1.33. The molecule has 3 aromatic rings. The van der Waals surface area contributed by atoms with Gasteiger partial charge in [-0.3, -0.25) is 4.90 Å². The third-order valence-corrected chi connectivity index (χ3v) is 6.48. The fraction of sp³-hybridized carbons (Fsp3) is 0.333. The van der Waals surface area contributed by atoms with E-state index in [0.29, 0.717) is 5.92 Å². The Morgan fingerprint density at radius 2 is 1.53 bits per heavy atom. The van der Waals surface area contributed by atoms with Crippen LogP contribution in [0.4, 0.5) is 0 Å². The lowest BCUT2D eigenvalue weighted by Crippen LogP contribution is -2.43. The molecule has 0 aromatic heterocycles. The molecule has 3 heteroatoms. The van der Waals surface area contributed by atoms with Crippen LogP contribution in [0.1, 0.15) is 37.0 Å². The summed E-state index contributed by atoms with van der Waals surface area (Å²) in [6, 6.07) is 26.5. The lowest BCUT2D eigenvalue weighted by atomic mass is 9.88. The van der Waals surface area contributed by atoms with Crippen LogP contribution in [0, 0.1) is 5.92 Å². The second-order valence-electron chi connectivity index (χ2n) is 8.53. The first-order valence-corrected chi connectivity index (χ1v) is 11.0. The number of hydrogen-bond acceptors (Lipinski definition) is 3. The Hall–Kier alpha value is -2.62. The third-order valence-electron chi connectivity index (χ3n) is 6.48. The van der Waals surface area contributed by atoms with Gasteiger partial charge in [-0.15, -0.1) is 0 Å². The molecule has 0 bridgehead atoms. The smallest absolute Gasteiger partial charge is 0.115 e. The summed E-state index contributed by atoms with van der Waals surface area (Å²) >= 11 is 0. The van der Waals surface area contributed by atoms with Crippen LogP contribution >= 0.6 is 0 Å². The molecule has 4 rings (SSSR count). The number of hydrogen-bond donors (Lipinski definition) is 2. The van der Waals surface area contributed by atoms with Crippen LogP contribution < -0.4 is 0 Å². The van der Waals surface area contributed by atoms with Crippen molar-refractivity contribution >= 4 is 0 Å². The van der Waals surface area contributed by atoms with Gasteiger partial charge in [0.05, 0.1) is 6.10 Å². The predicted octanol–water partition coefficient (Wildman–Crippen LogP) is 5.44.